The van der Waals surface area contributed by atoms with Crippen LogP contribution in [0.3, 0.4) is 0 Å². The standard InChI is InChI=1S/C16H13ClF2N2O3/c17-14-4-2-10(8-20-14)6-13(16(23)24)21-15(22)7-9-1-3-11(18)12(19)5-9/h1-5,8,13H,6-7H2,(H,21,22)(H,23,24)/t13-/m0/s1. The van der Waals surface area contributed by atoms with Crippen LogP contribution in [0.1, 0.15) is 11.1 Å². The van der Waals surface area contributed by atoms with Crippen molar-refractivity contribution in [2.24, 2.45) is 0 Å². The second kappa shape index (κ2) is 7.83. The summed E-state index contributed by atoms with van der Waals surface area (Å²) in [6, 6.07) is 5.01. The van der Waals surface area contributed by atoms with Crippen molar-refractivity contribution in [3.8, 4) is 0 Å². The zero-order chi connectivity index (χ0) is 17.7. The number of carboxylic acid groups (broad SMARTS) is 1. The van der Waals surface area contributed by atoms with Crippen molar-refractivity contribution < 1.29 is 23.5 Å². The Labute approximate surface area is 141 Å². The molecule has 0 spiro atoms. The number of aliphatic carboxylic acids is 1. The second-order valence-electron chi connectivity index (χ2n) is 5.08. The van der Waals surface area contributed by atoms with E-state index in [0.29, 0.717) is 5.56 Å². The Morgan fingerprint density at radius 3 is 2.46 bits per heavy atom. The van der Waals surface area contributed by atoms with E-state index in [2.05, 4.69) is 10.3 Å². The van der Waals surface area contributed by atoms with Gasteiger partial charge >= 0.3 is 5.97 Å². The molecule has 5 nitrogen and oxygen atoms in total. The van der Waals surface area contributed by atoms with Gasteiger partial charge in [-0.3, -0.25) is 4.79 Å². The Bertz CT molecular complexity index is 753. The number of carbonyl (C=O) groups is 2. The van der Waals surface area contributed by atoms with Gasteiger partial charge in [0.05, 0.1) is 6.42 Å². The highest BCUT2D eigenvalue weighted by Gasteiger charge is 2.21. The van der Waals surface area contributed by atoms with Crippen molar-refractivity contribution in [3.05, 3.63) is 64.4 Å². The molecule has 1 aromatic carbocycles. The second-order valence-corrected chi connectivity index (χ2v) is 5.46. The van der Waals surface area contributed by atoms with Crippen LogP contribution < -0.4 is 5.32 Å². The molecular formula is C16H13ClF2N2O3. The normalized spacial score (nSPS) is 11.8. The summed E-state index contributed by atoms with van der Waals surface area (Å²) < 4.78 is 26.0. The topological polar surface area (TPSA) is 79.3 Å². The number of hydrogen-bond acceptors (Lipinski definition) is 3. The smallest absolute Gasteiger partial charge is 0.326 e. The van der Waals surface area contributed by atoms with Crippen molar-refractivity contribution in [3.63, 3.8) is 0 Å². The molecule has 1 amide bonds. The first kappa shape index (κ1) is 17.8. The Morgan fingerprint density at radius 1 is 1.17 bits per heavy atom. The fraction of sp³-hybridized carbons (Fsp3) is 0.188. The van der Waals surface area contributed by atoms with Gasteiger partial charge in [0.1, 0.15) is 11.2 Å². The molecule has 8 heteroatoms. The van der Waals surface area contributed by atoms with Crippen LogP contribution in [0.5, 0.6) is 0 Å². The molecule has 0 saturated carbocycles. The predicted molar refractivity (Wildman–Crippen MR) is 82.6 cm³/mol. The number of carboxylic acids is 1. The molecule has 0 aliphatic rings. The molecule has 0 saturated heterocycles. The summed E-state index contributed by atoms with van der Waals surface area (Å²) in [4.78, 5) is 27.1. The van der Waals surface area contributed by atoms with Gasteiger partial charge in [0.25, 0.3) is 0 Å². The maximum atomic E-state index is 13.1. The Hall–Kier alpha value is -2.54. The number of pyridine rings is 1. The zero-order valence-electron chi connectivity index (χ0n) is 12.3. The van der Waals surface area contributed by atoms with Gasteiger partial charge in [0.15, 0.2) is 11.6 Å². The number of benzene rings is 1. The molecule has 1 heterocycles. The van der Waals surface area contributed by atoms with E-state index >= 15 is 0 Å². The summed E-state index contributed by atoms with van der Waals surface area (Å²) in [5, 5.41) is 11.8. The Kier molecular flexibility index (Phi) is 5.81. The van der Waals surface area contributed by atoms with Gasteiger partial charge in [0.2, 0.25) is 5.91 Å². The first-order valence-electron chi connectivity index (χ1n) is 6.91. The van der Waals surface area contributed by atoms with Crippen molar-refractivity contribution >= 4 is 23.5 Å². The molecule has 0 radical (unpaired) electrons. The quantitative estimate of drug-likeness (QED) is 0.781. The molecule has 0 aliphatic carbocycles. The molecular weight excluding hydrogens is 342 g/mol. The van der Waals surface area contributed by atoms with Gasteiger partial charge in [-0.05, 0) is 29.3 Å². The SMILES string of the molecule is O=C(Cc1ccc(F)c(F)c1)N[C@@H](Cc1ccc(Cl)nc1)C(=O)O. The summed E-state index contributed by atoms with van der Waals surface area (Å²) in [7, 11) is 0. The minimum absolute atomic E-state index is 0.0169. The number of rotatable bonds is 6. The number of nitrogens with zero attached hydrogens (tertiary/aromatic N) is 1. The lowest BCUT2D eigenvalue weighted by molar-refractivity contribution is -0.141. The molecule has 0 fully saturated rings. The Morgan fingerprint density at radius 2 is 1.88 bits per heavy atom. The van der Waals surface area contributed by atoms with Crippen LogP contribution in [0.4, 0.5) is 8.78 Å². The fourth-order valence-corrected chi connectivity index (χ4v) is 2.16. The largest absolute Gasteiger partial charge is 0.480 e. The fourth-order valence-electron chi connectivity index (χ4n) is 2.04. The van der Waals surface area contributed by atoms with E-state index in [1.807, 2.05) is 0 Å². The first-order valence-corrected chi connectivity index (χ1v) is 7.29. The van der Waals surface area contributed by atoms with Gasteiger partial charge in [-0.25, -0.2) is 18.6 Å². The van der Waals surface area contributed by atoms with Crippen LogP contribution in [0.25, 0.3) is 0 Å². The molecule has 0 bridgehead atoms. The number of nitrogens with one attached hydrogen (secondary N) is 1. The van der Waals surface area contributed by atoms with Gasteiger partial charge < -0.3 is 10.4 Å². The van der Waals surface area contributed by atoms with Crippen molar-refractivity contribution in [1.29, 1.82) is 0 Å². The van der Waals surface area contributed by atoms with E-state index in [0.717, 1.165) is 12.1 Å². The first-order chi connectivity index (χ1) is 11.3. The van der Waals surface area contributed by atoms with Crippen molar-refractivity contribution in [1.82, 2.24) is 10.3 Å². The molecule has 2 rings (SSSR count). The number of amides is 1. The summed E-state index contributed by atoms with van der Waals surface area (Å²) in [6.07, 6.45) is 1.17. The number of aromatic nitrogens is 1. The molecule has 0 aliphatic heterocycles. The third-order valence-electron chi connectivity index (χ3n) is 3.21. The summed E-state index contributed by atoms with van der Waals surface area (Å²) in [5.41, 5.74) is 0.823. The average Bonchev–Trinajstić information content (AvgIpc) is 2.52. The molecule has 1 aromatic heterocycles. The van der Waals surface area contributed by atoms with Crippen LogP contribution in [0, 0.1) is 11.6 Å². The number of hydrogen-bond donors (Lipinski definition) is 2. The van der Waals surface area contributed by atoms with Crippen molar-refractivity contribution in [2.75, 3.05) is 0 Å². The average molecular weight is 355 g/mol. The third-order valence-corrected chi connectivity index (χ3v) is 3.43. The van der Waals surface area contributed by atoms with Gasteiger partial charge in [-0.2, -0.15) is 0 Å². The van der Waals surface area contributed by atoms with Crippen LogP contribution in [-0.2, 0) is 22.4 Å². The number of halogens is 3. The molecule has 24 heavy (non-hydrogen) atoms. The lowest BCUT2D eigenvalue weighted by Crippen LogP contribution is -2.43. The van der Waals surface area contributed by atoms with Gasteiger partial charge in [-0.15, -0.1) is 0 Å². The predicted octanol–water partition coefficient (Wildman–Crippen LogP) is 2.37. The van der Waals surface area contributed by atoms with E-state index in [1.165, 1.54) is 18.3 Å². The van der Waals surface area contributed by atoms with E-state index in [-0.39, 0.29) is 23.6 Å². The van der Waals surface area contributed by atoms with Crippen molar-refractivity contribution in [2.45, 2.75) is 18.9 Å². The van der Waals surface area contributed by atoms with Crippen LogP contribution >= 0.6 is 11.6 Å². The van der Waals surface area contributed by atoms with E-state index in [9.17, 15) is 23.5 Å². The molecule has 2 N–H and O–H groups in total. The van der Waals surface area contributed by atoms with Gasteiger partial charge in [0, 0.05) is 12.6 Å². The van der Waals surface area contributed by atoms with Gasteiger partial charge in [-0.1, -0.05) is 23.7 Å². The highest BCUT2D eigenvalue weighted by Crippen LogP contribution is 2.10. The van der Waals surface area contributed by atoms with Crippen LogP contribution in [0.2, 0.25) is 5.15 Å². The maximum absolute atomic E-state index is 13.1. The lowest BCUT2D eigenvalue weighted by atomic mass is 10.1. The zero-order valence-corrected chi connectivity index (χ0v) is 13.1. The van der Waals surface area contributed by atoms with E-state index < -0.39 is 29.6 Å². The molecule has 2 aromatic rings. The maximum Gasteiger partial charge on any atom is 0.326 e. The number of carbonyl (C=O) groups excluding carboxylic acids is 1. The highest BCUT2D eigenvalue weighted by atomic mass is 35.5. The van der Waals surface area contributed by atoms with Crippen LogP contribution in [-0.4, -0.2) is 28.0 Å². The minimum Gasteiger partial charge on any atom is -0.480 e. The third kappa shape index (κ3) is 4.99. The minimum atomic E-state index is -1.22. The van der Waals surface area contributed by atoms with Crippen LogP contribution in [0.15, 0.2) is 36.5 Å². The monoisotopic (exact) mass is 354 g/mol. The Balaban J connectivity index is 2.01. The summed E-state index contributed by atoms with van der Waals surface area (Å²) in [5.74, 6) is -3.92. The molecule has 126 valence electrons. The van der Waals surface area contributed by atoms with E-state index in [1.54, 1.807) is 6.07 Å². The molecule has 1 atom stereocenters. The summed E-state index contributed by atoms with van der Waals surface area (Å²) in [6.45, 7) is 0. The van der Waals surface area contributed by atoms with E-state index in [4.69, 9.17) is 11.6 Å². The molecule has 0 unspecified atom stereocenters. The lowest BCUT2D eigenvalue weighted by Gasteiger charge is -2.14. The highest BCUT2D eigenvalue weighted by molar-refractivity contribution is 6.29. The summed E-state index contributed by atoms with van der Waals surface area (Å²) >= 11 is 5.65.